The van der Waals surface area contributed by atoms with Gasteiger partial charge in [0, 0.05) is 12.5 Å². The number of benzene rings is 1. The third-order valence-corrected chi connectivity index (χ3v) is 3.05. The van der Waals surface area contributed by atoms with Gasteiger partial charge in [-0.25, -0.2) is 0 Å². The fraction of sp³-hybridized carbons (Fsp3) is 0.533. The highest BCUT2D eigenvalue weighted by atomic mass is 16.5. The summed E-state index contributed by atoms with van der Waals surface area (Å²) in [6.45, 7) is 4.20. The van der Waals surface area contributed by atoms with Crippen molar-refractivity contribution >= 4 is 5.91 Å². The molecule has 1 fully saturated rings. The number of aliphatic hydroxyl groups excluding tert-OH is 1. The number of aliphatic hydroxyl groups is 1. The number of rotatable bonds is 6. The lowest BCUT2D eigenvalue weighted by atomic mass is 10.1. The molecular weight excluding hydrogens is 242 g/mol. The van der Waals surface area contributed by atoms with Gasteiger partial charge in [-0.2, -0.15) is 0 Å². The smallest absolute Gasteiger partial charge is 0.223 e. The Morgan fingerprint density at radius 1 is 1.37 bits per heavy atom. The topological polar surface area (TPSA) is 58.6 Å². The second kappa shape index (κ2) is 6.06. The Labute approximate surface area is 113 Å². The summed E-state index contributed by atoms with van der Waals surface area (Å²) < 4.78 is 5.54. The van der Waals surface area contributed by atoms with Crippen molar-refractivity contribution in [2.45, 2.75) is 38.9 Å². The molecule has 4 heteroatoms. The van der Waals surface area contributed by atoms with Crippen LogP contribution >= 0.6 is 0 Å². The van der Waals surface area contributed by atoms with Crippen molar-refractivity contribution in [3.8, 4) is 5.75 Å². The molecule has 1 aliphatic carbocycles. The SMILES string of the molecule is CC(C)Oc1ccc(C(O)CNC(=O)C2CC2)cc1. The van der Waals surface area contributed by atoms with E-state index in [1.165, 1.54) is 0 Å². The fourth-order valence-electron chi connectivity index (χ4n) is 1.85. The second-order valence-electron chi connectivity index (χ2n) is 5.27. The van der Waals surface area contributed by atoms with Crippen LogP contribution in [0.2, 0.25) is 0 Å². The minimum atomic E-state index is -0.671. The van der Waals surface area contributed by atoms with Gasteiger partial charge in [0.15, 0.2) is 0 Å². The lowest BCUT2D eigenvalue weighted by Crippen LogP contribution is -2.29. The molecule has 104 valence electrons. The van der Waals surface area contributed by atoms with E-state index in [0.29, 0.717) is 0 Å². The second-order valence-corrected chi connectivity index (χ2v) is 5.27. The molecule has 1 atom stereocenters. The highest BCUT2D eigenvalue weighted by Gasteiger charge is 2.29. The molecule has 1 aromatic rings. The number of carbonyl (C=O) groups excluding carboxylic acids is 1. The number of carbonyl (C=O) groups is 1. The molecule has 1 aliphatic rings. The lowest BCUT2D eigenvalue weighted by molar-refractivity contribution is -0.122. The summed E-state index contributed by atoms with van der Waals surface area (Å²) in [6.07, 6.45) is 1.41. The molecule has 1 amide bonds. The average Bonchev–Trinajstić information content (AvgIpc) is 3.20. The number of hydrogen-bond acceptors (Lipinski definition) is 3. The molecule has 2 N–H and O–H groups in total. The first-order valence-electron chi connectivity index (χ1n) is 6.78. The van der Waals surface area contributed by atoms with Crippen molar-refractivity contribution in [2.24, 2.45) is 5.92 Å². The van der Waals surface area contributed by atoms with Gasteiger partial charge in [-0.15, -0.1) is 0 Å². The third-order valence-electron chi connectivity index (χ3n) is 3.05. The molecule has 1 aromatic carbocycles. The number of amides is 1. The molecule has 0 heterocycles. The zero-order valence-corrected chi connectivity index (χ0v) is 11.4. The molecule has 0 bridgehead atoms. The fourth-order valence-corrected chi connectivity index (χ4v) is 1.85. The summed E-state index contributed by atoms with van der Waals surface area (Å²) in [6, 6.07) is 7.32. The molecule has 19 heavy (non-hydrogen) atoms. The van der Waals surface area contributed by atoms with E-state index in [2.05, 4.69) is 5.32 Å². The number of ether oxygens (including phenoxy) is 1. The summed E-state index contributed by atoms with van der Waals surface area (Å²) in [7, 11) is 0. The summed E-state index contributed by atoms with van der Waals surface area (Å²) in [5, 5.41) is 12.8. The normalized spacial score (nSPS) is 16.2. The predicted molar refractivity (Wildman–Crippen MR) is 72.9 cm³/mol. The van der Waals surface area contributed by atoms with Crippen LogP contribution in [0.15, 0.2) is 24.3 Å². The van der Waals surface area contributed by atoms with Crippen molar-refractivity contribution < 1.29 is 14.6 Å². The maximum Gasteiger partial charge on any atom is 0.223 e. The van der Waals surface area contributed by atoms with E-state index in [-0.39, 0.29) is 24.5 Å². The van der Waals surface area contributed by atoms with Crippen molar-refractivity contribution in [3.63, 3.8) is 0 Å². The maximum atomic E-state index is 11.5. The predicted octanol–water partition coefficient (Wildman–Crippen LogP) is 2.03. The van der Waals surface area contributed by atoms with Gasteiger partial charge in [0.05, 0.1) is 12.2 Å². The molecular formula is C15H21NO3. The molecule has 0 aliphatic heterocycles. The molecule has 0 spiro atoms. The van der Waals surface area contributed by atoms with Crippen molar-refractivity contribution in [3.05, 3.63) is 29.8 Å². The van der Waals surface area contributed by atoms with Crippen LogP contribution in [0.25, 0.3) is 0 Å². The third kappa shape index (κ3) is 4.24. The van der Waals surface area contributed by atoms with Gasteiger partial charge in [-0.05, 0) is 44.4 Å². The van der Waals surface area contributed by atoms with Gasteiger partial charge < -0.3 is 15.2 Å². The van der Waals surface area contributed by atoms with Gasteiger partial charge in [0.2, 0.25) is 5.91 Å². The van der Waals surface area contributed by atoms with Gasteiger partial charge in [-0.1, -0.05) is 12.1 Å². The van der Waals surface area contributed by atoms with Crippen LogP contribution in [0, 0.1) is 5.92 Å². The Bertz CT molecular complexity index is 424. The van der Waals surface area contributed by atoms with Crippen LogP contribution in [0.1, 0.15) is 38.4 Å². The monoisotopic (exact) mass is 263 g/mol. The zero-order chi connectivity index (χ0) is 13.8. The molecule has 0 aromatic heterocycles. The molecule has 1 unspecified atom stereocenters. The quantitative estimate of drug-likeness (QED) is 0.825. The van der Waals surface area contributed by atoms with E-state index < -0.39 is 6.10 Å². The number of nitrogens with one attached hydrogen (secondary N) is 1. The van der Waals surface area contributed by atoms with E-state index in [1.54, 1.807) is 0 Å². The van der Waals surface area contributed by atoms with E-state index in [0.717, 1.165) is 24.2 Å². The van der Waals surface area contributed by atoms with E-state index in [9.17, 15) is 9.90 Å². The lowest BCUT2D eigenvalue weighted by Gasteiger charge is -2.14. The molecule has 0 radical (unpaired) electrons. The average molecular weight is 263 g/mol. The van der Waals surface area contributed by atoms with Crippen LogP contribution in [-0.2, 0) is 4.79 Å². The van der Waals surface area contributed by atoms with Gasteiger partial charge in [0.25, 0.3) is 0 Å². The summed E-state index contributed by atoms with van der Waals surface area (Å²) in [5.41, 5.74) is 0.784. The minimum absolute atomic E-state index is 0.0545. The zero-order valence-electron chi connectivity index (χ0n) is 11.4. The first-order valence-corrected chi connectivity index (χ1v) is 6.78. The molecule has 0 saturated heterocycles. The first-order chi connectivity index (χ1) is 9.06. The standard InChI is InChI=1S/C15H21NO3/c1-10(2)19-13-7-5-11(6-8-13)14(17)9-16-15(18)12-3-4-12/h5-8,10,12,14,17H,3-4,9H2,1-2H3,(H,16,18). The van der Waals surface area contributed by atoms with Crippen LogP contribution in [0.3, 0.4) is 0 Å². The first kappa shape index (κ1) is 13.9. The largest absolute Gasteiger partial charge is 0.491 e. The Morgan fingerprint density at radius 3 is 2.53 bits per heavy atom. The van der Waals surface area contributed by atoms with Crippen LogP contribution in [0.5, 0.6) is 5.75 Å². The molecule has 1 saturated carbocycles. The summed E-state index contributed by atoms with van der Waals surface area (Å²) in [5.74, 6) is 1.01. The Kier molecular flexibility index (Phi) is 4.43. The van der Waals surface area contributed by atoms with Crippen LogP contribution < -0.4 is 10.1 Å². The minimum Gasteiger partial charge on any atom is -0.491 e. The van der Waals surface area contributed by atoms with Gasteiger partial charge >= 0.3 is 0 Å². The maximum absolute atomic E-state index is 11.5. The highest BCUT2D eigenvalue weighted by Crippen LogP contribution is 2.28. The Balaban J connectivity index is 1.84. The van der Waals surface area contributed by atoms with Crippen LogP contribution in [0.4, 0.5) is 0 Å². The molecule has 4 nitrogen and oxygen atoms in total. The Morgan fingerprint density at radius 2 is 2.00 bits per heavy atom. The van der Waals surface area contributed by atoms with E-state index >= 15 is 0 Å². The number of hydrogen-bond donors (Lipinski definition) is 2. The highest BCUT2D eigenvalue weighted by molar-refractivity contribution is 5.80. The Hall–Kier alpha value is -1.55. The van der Waals surface area contributed by atoms with Gasteiger partial charge in [0.1, 0.15) is 5.75 Å². The van der Waals surface area contributed by atoms with E-state index in [4.69, 9.17) is 4.74 Å². The van der Waals surface area contributed by atoms with E-state index in [1.807, 2.05) is 38.1 Å². The molecule has 2 rings (SSSR count). The summed E-state index contributed by atoms with van der Waals surface area (Å²) >= 11 is 0. The van der Waals surface area contributed by atoms with Crippen molar-refractivity contribution in [1.29, 1.82) is 0 Å². The van der Waals surface area contributed by atoms with Crippen molar-refractivity contribution in [1.82, 2.24) is 5.32 Å². The van der Waals surface area contributed by atoms with Crippen LogP contribution in [-0.4, -0.2) is 23.7 Å². The van der Waals surface area contributed by atoms with Crippen molar-refractivity contribution in [2.75, 3.05) is 6.54 Å². The van der Waals surface area contributed by atoms with Gasteiger partial charge in [-0.3, -0.25) is 4.79 Å². The summed E-state index contributed by atoms with van der Waals surface area (Å²) in [4.78, 5) is 11.5.